The van der Waals surface area contributed by atoms with Gasteiger partial charge in [0.25, 0.3) is 5.91 Å². The van der Waals surface area contributed by atoms with Gasteiger partial charge in [-0.05, 0) is 55.2 Å². The van der Waals surface area contributed by atoms with E-state index in [0.29, 0.717) is 43.9 Å². The molecule has 7 nitrogen and oxygen atoms in total. The van der Waals surface area contributed by atoms with Crippen molar-refractivity contribution in [1.29, 1.82) is 0 Å². The molecule has 8 heteroatoms. The largest absolute Gasteiger partial charge is 0.507 e. The number of rotatable bonds is 5. The Morgan fingerprint density at radius 3 is 2.52 bits per heavy atom. The van der Waals surface area contributed by atoms with Gasteiger partial charge in [-0.2, -0.15) is 0 Å². The molecule has 1 aromatic heterocycles. The van der Waals surface area contributed by atoms with Crippen LogP contribution >= 0.6 is 0 Å². The van der Waals surface area contributed by atoms with Crippen LogP contribution in [0.25, 0.3) is 22.3 Å². The van der Waals surface area contributed by atoms with E-state index in [2.05, 4.69) is 9.88 Å². The zero-order valence-electron chi connectivity index (χ0n) is 19.1. The lowest BCUT2D eigenvalue weighted by Crippen LogP contribution is -2.52. The molecule has 3 aromatic rings. The first-order valence-corrected chi connectivity index (χ1v) is 11.2. The van der Waals surface area contributed by atoms with Crippen LogP contribution in [0, 0.1) is 18.7 Å². The molecule has 1 atom stereocenters. The second-order valence-electron chi connectivity index (χ2n) is 9.01. The normalized spacial score (nSPS) is 15.3. The van der Waals surface area contributed by atoms with Crippen LogP contribution in [0.1, 0.15) is 25.8 Å². The van der Waals surface area contributed by atoms with Crippen LogP contribution in [0.5, 0.6) is 5.75 Å². The molecule has 0 spiro atoms. The Kier molecular flexibility index (Phi) is 6.47. The average Bonchev–Trinajstić information content (AvgIpc) is 2.79. The summed E-state index contributed by atoms with van der Waals surface area (Å²) in [5.41, 5.74) is 1.95. The Labute approximate surface area is 192 Å². The predicted molar refractivity (Wildman–Crippen MR) is 126 cm³/mol. The summed E-state index contributed by atoms with van der Waals surface area (Å²) >= 11 is 0. The van der Waals surface area contributed by atoms with Crippen molar-refractivity contribution >= 4 is 22.6 Å². The summed E-state index contributed by atoms with van der Waals surface area (Å²) < 4.78 is 13.9. The van der Waals surface area contributed by atoms with Gasteiger partial charge in [-0.25, -0.2) is 14.4 Å². The lowest BCUT2D eigenvalue weighted by atomic mass is 10.0. The molecular formula is C25H29FN4O3. The molecular weight excluding hydrogens is 423 g/mol. The van der Waals surface area contributed by atoms with E-state index in [1.165, 1.54) is 18.2 Å². The van der Waals surface area contributed by atoms with E-state index in [0.717, 1.165) is 10.9 Å². The zero-order valence-corrected chi connectivity index (χ0v) is 19.1. The number of phenolic OH excluding ortho intramolecular Hbond substituents is 1. The maximum Gasteiger partial charge on any atom is 0.251 e. The van der Waals surface area contributed by atoms with Crippen LogP contribution in [-0.2, 0) is 4.79 Å². The molecule has 1 amide bonds. The van der Waals surface area contributed by atoms with Crippen LogP contribution in [0.15, 0.2) is 36.4 Å². The number of carbonyl (C=O) groups is 1. The highest BCUT2D eigenvalue weighted by atomic mass is 19.1. The molecule has 0 bridgehead atoms. The van der Waals surface area contributed by atoms with E-state index in [4.69, 9.17) is 4.98 Å². The number of aromatic nitrogens is 2. The van der Waals surface area contributed by atoms with E-state index in [1.807, 2.05) is 39.0 Å². The van der Waals surface area contributed by atoms with Crippen LogP contribution < -0.4 is 4.90 Å². The van der Waals surface area contributed by atoms with E-state index in [9.17, 15) is 19.4 Å². The average molecular weight is 453 g/mol. The molecule has 174 valence electrons. The van der Waals surface area contributed by atoms with Gasteiger partial charge in [0.2, 0.25) is 0 Å². The van der Waals surface area contributed by atoms with Gasteiger partial charge in [-0.1, -0.05) is 19.9 Å². The van der Waals surface area contributed by atoms with Gasteiger partial charge < -0.3 is 20.0 Å². The standard InChI is InChI=1S/C25H29FN4O3/c1-15(2)12-22(32)25(33)30-10-8-29(9-11-30)24-18-6-4-16(3)13-20(18)27-23(28-24)19-14-17(26)5-7-21(19)31/h4-7,13-15,22,31-32H,8-12H2,1-3H3/t22-/m1/s1. The summed E-state index contributed by atoms with van der Waals surface area (Å²) in [6.07, 6.45) is -0.544. The monoisotopic (exact) mass is 452 g/mol. The van der Waals surface area contributed by atoms with E-state index < -0.39 is 11.9 Å². The number of carbonyl (C=O) groups excluding carboxylic acids is 1. The maximum atomic E-state index is 13.9. The first-order valence-electron chi connectivity index (χ1n) is 11.2. The molecule has 0 radical (unpaired) electrons. The highest BCUT2D eigenvalue weighted by Gasteiger charge is 2.28. The Hall–Kier alpha value is -3.26. The highest BCUT2D eigenvalue weighted by molar-refractivity contribution is 5.92. The Balaban J connectivity index is 1.65. The molecule has 1 aliphatic rings. The van der Waals surface area contributed by atoms with Crippen LogP contribution in [0.3, 0.4) is 0 Å². The Bertz CT molecular complexity index is 1180. The first-order chi connectivity index (χ1) is 15.7. The third-order valence-electron chi connectivity index (χ3n) is 5.90. The summed E-state index contributed by atoms with van der Waals surface area (Å²) in [6.45, 7) is 7.92. The molecule has 1 saturated heterocycles. The molecule has 2 heterocycles. The predicted octanol–water partition coefficient (Wildman–Crippen LogP) is 3.51. The fourth-order valence-electron chi connectivity index (χ4n) is 4.17. The Morgan fingerprint density at radius 1 is 1.09 bits per heavy atom. The van der Waals surface area contributed by atoms with Gasteiger partial charge in [-0.3, -0.25) is 4.79 Å². The minimum atomic E-state index is -0.984. The molecule has 4 rings (SSSR count). The van der Waals surface area contributed by atoms with Crippen molar-refractivity contribution in [3.05, 3.63) is 47.8 Å². The summed E-state index contributed by atoms with van der Waals surface area (Å²) in [5, 5.41) is 21.4. The Morgan fingerprint density at radius 2 is 1.82 bits per heavy atom. The third-order valence-corrected chi connectivity index (χ3v) is 5.90. The van der Waals surface area contributed by atoms with Crippen molar-refractivity contribution in [2.75, 3.05) is 31.1 Å². The summed E-state index contributed by atoms with van der Waals surface area (Å²) in [7, 11) is 0. The quantitative estimate of drug-likeness (QED) is 0.616. The molecule has 0 aliphatic carbocycles. The highest BCUT2D eigenvalue weighted by Crippen LogP contribution is 2.33. The molecule has 0 saturated carbocycles. The minimum Gasteiger partial charge on any atom is -0.507 e. The number of anilines is 1. The number of halogens is 1. The lowest BCUT2D eigenvalue weighted by Gasteiger charge is -2.37. The second-order valence-corrected chi connectivity index (χ2v) is 9.01. The van der Waals surface area contributed by atoms with Crippen molar-refractivity contribution in [2.45, 2.75) is 33.3 Å². The van der Waals surface area contributed by atoms with E-state index >= 15 is 0 Å². The van der Waals surface area contributed by atoms with Gasteiger partial charge in [-0.15, -0.1) is 0 Å². The molecule has 2 aromatic carbocycles. The van der Waals surface area contributed by atoms with Crippen molar-refractivity contribution in [3.8, 4) is 17.1 Å². The van der Waals surface area contributed by atoms with Crippen LogP contribution in [-0.4, -0.2) is 63.3 Å². The van der Waals surface area contributed by atoms with Gasteiger partial charge in [0.1, 0.15) is 23.5 Å². The second kappa shape index (κ2) is 9.31. The number of fused-ring (bicyclic) bond motifs is 1. The minimum absolute atomic E-state index is 0.0936. The molecule has 2 N–H and O–H groups in total. The number of phenols is 1. The SMILES string of the molecule is Cc1ccc2c(N3CCN(C(=O)[C@H](O)CC(C)C)CC3)nc(-c3cc(F)ccc3O)nc2c1. The van der Waals surface area contributed by atoms with Crippen molar-refractivity contribution in [1.82, 2.24) is 14.9 Å². The van der Waals surface area contributed by atoms with Crippen LogP contribution in [0.4, 0.5) is 10.2 Å². The number of aromatic hydroxyl groups is 1. The number of hydrogen-bond acceptors (Lipinski definition) is 6. The first kappa shape index (κ1) is 22.9. The summed E-state index contributed by atoms with van der Waals surface area (Å²) in [6, 6.07) is 9.58. The van der Waals surface area contributed by atoms with Gasteiger partial charge in [0, 0.05) is 31.6 Å². The molecule has 33 heavy (non-hydrogen) atoms. The number of amides is 1. The van der Waals surface area contributed by atoms with E-state index in [1.54, 1.807) is 4.90 Å². The fourth-order valence-corrected chi connectivity index (χ4v) is 4.17. The van der Waals surface area contributed by atoms with E-state index in [-0.39, 0.29) is 29.0 Å². The topological polar surface area (TPSA) is 89.8 Å². The van der Waals surface area contributed by atoms with Crippen molar-refractivity contribution < 1.29 is 19.4 Å². The number of piperazine rings is 1. The number of aliphatic hydroxyl groups is 1. The number of aryl methyl sites for hydroxylation is 1. The van der Waals surface area contributed by atoms with Crippen molar-refractivity contribution in [3.63, 3.8) is 0 Å². The maximum absolute atomic E-state index is 13.9. The molecule has 0 unspecified atom stereocenters. The number of aliphatic hydroxyl groups excluding tert-OH is 1. The fraction of sp³-hybridized carbons (Fsp3) is 0.400. The number of benzene rings is 2. The van der Waals surface area contributed by atoms with Crippen LogP contribution in [0.2, 0.25) is 0 Å². The van der Waals surface area contributed by atoms with Gasteiger partial charge in [0.15, 0.2) is 5.82 Å². The van der Waals surface area contributed by atoms with Gasteiger partial charge in [0.05, 0.1) is 11.1 Å². The smallest absolute Gasteiger partial charge is 0.251 e. The number of nitrogens with zero attached hydrogens (tertiary/aromatic N) is 4. The lowest BCUT2D eigenvalue weighted by molar-refractivity contribution is -0.141. The molecule has 1 fully saturated rings. The van der Waals surface area contributed by atoms with Crippen molar-refractivity contribution in [2.24, 2.45) is 5.92 Å². The summed E-state index contributed by atoms with van der Waals surface area (Å²) in [4.78, 5) is 25.7. The van der Waals surface area contributed by atoms with Gasteiger partial charge >= 0.3 is 0 Å². The third kappa shape index (κ3) is 4.90. The zero-order chi connectivity index (χ0) is 23.7. The number of hydrogen-bond donors (Lipinski definition) is 2. The summed E-state index contributed by atoms with van der Waals surface area (Å²) in [5.74, 6) is 0.336. The molecule has 1 aliphatic heterocycles.